The molecule has 0 N–H and O–H groups in total. The van der Waals surface area contributed by atoms with E-state index in [9.17, 15) is 0 Å². The van der Waals surface area contributed by atoms with Crippen LogP contribution in [-0.2, 0) is 0 Å². The van der Waals surface area contributed by atoms with Crippen molar-refractivity contribution in [2.24, 2.45) is 0 Å². The molecule has 0 aliphatic rings. The molecule has 3 heteroatoms. The topological polar surface area (TPSA) is 21.3 Å². The Kier molecular flexibility index (Phi) is 6.46. The van der Waals surface area contributed by atoms with Crippen LogP contribution < -0.4 is 4.90 Å². The van der Waals surface area contributed by atoms with Gasteiger partial charge in [-0.15, -0.1) is 0 Å². The van der Waals surface area contributed by atoms with Crippen molar-refractivity contribution >= 4 is 82.4 Å². The monoisotopic (exact) mass is 757 g/mol. The molecule has 0 bridgehead atoms. The molecular weight excluding hydrogens is 717 g/mol. The van der Waals surface area contributed by atoms with Crippen LogP contribution in [0.2, 0.25) is 0 Å². The summed E-state index contributed by atoms with van der Waals surface area (Å²) in [6, 6.07) is 63.1. The fraction of sp³-hybridized carbons (Fsp3) is 0. The summed E-state index contributed by atoms with van der Waals surface area (Å²) in [4.78, 5) is 2.28. The Morgan fingerprint density at radius 2 is 1.02 bits per heavy atom. The minimum absolute atomic E-state index is 0.100. The van der Waals surface area contributed by atoms with E-state index in [4.69, 9.17) is 11.3 Å². The predicted octanol–water partition coefficient (Wildman–Crippen LogP) is 15.8. The molecule has 0 radical (unpaired) electrons. The van der Waals surface area contributed by atoms with E-state index in [0.717, 1.165) is 88.3 Å². The average molecular weight is 758 g/mol. The normalized spacial score (nSPS) is 12.9. The summed E-state index contributed by atoms with van der Waals surface area (Å²) >= 11 is 0. The molecule has 59 heavy (non-hydrogen) atoms. The van der Waals surface area contributed by atoms with Crippen molar-refractivity contribution in [3.05, 3.63) is 218 Å². The van der Waals surface area contributed by atoms with Crippen molar-refractivity contribution < 1.29 is 11.3 Å². The van der Waals surface area contributed by atoms with E-state index in [-0.39, 0.29) is 29.9 Å². The minimum Gasteiger partial charge on any atom is -0.455 e. The highest BCUT2D eigenvalue weighted by Gasteiger charge is 2.26. The number of anilines is 3. The molecule has 0 aliphatic heterocycles. The number of hydrogen-bond acceptors (Lipinski definition) is 2. The number of nitrogens with zero attached hydrogens (tertiary/aromatic N) is 2. The van der Waals surface area contributed by atoms with Crippen LogP contribution in [-0.4, -0.2) is 4.57 Å². The van der Waals surface area contributed by atoms with E-state index in [1.807, 2.05) is 59.2 Å². The van der Waals surface area contributed by atoms with Gasteiger partial charge in [-0.1, -0.05) is 158 Å². The number of benzene rings is 10. The molecule has 0 atom stereocenters. The van der Waals surface area contributed by atoms with Crippen molar-refractivity contribution in [1.29, 1.82) is 0 Å². The van der Waals surface area contributed by atoms with Gasteiger partial charge < -0.3 is 13.9 Å². The molecular formula is C56H36N2O. The molecule has 12 rings (SSSR count). The minimum atomic E-state index is -0.429. The van der Waals surface area contributed by atoms with Gasteiger partial charge in [0.2, 0.25) is 0 Å². The molecule has 0 amide bonds. The molecule has 0 saturated carbocycles. The lowest BCUT2D eigenvalue weighted by molar-refractivity contribution is 0.670. The summed E-state index contributed by atoms with van der Waals surface area (Å²) < 4.78 is 52.5. The summed E-state index contributed by atoms with van der Waals surface area (Å²) in [5.74, 6) is 0. The zero-order valence-electron chi connectivity index (χ0n) is 36.7. The van der Waals surface area contributed by atoms with Crippen molar-refractivity contribution in [2.45, 2.75) is 0 Å². The molecule has 0 spiro atoms. The van der Waals surface area contributed by atoms with Gasteiger partial charge in [0.05, 0.1) is 34.6 Å². The third-order valence-electron chi connectivity index (χ3n) is 11.7. The second-order valence-corrected chi connectivity index (χ2v) is 14.9. The lowest BCUT2D eigenvalue weighted by atomic mass is 9.95. The first-order valence-electron chi connectivity index (χ1n) is 22.3. The van der Waals surface area contributed by atoms with Gasteiger partial charge in [-0.25, -0.2) is 0 Å². The molecule has 276 valence electrons. The van der Waals surface area contributed by atoms with Gasteiger partial charge in [0, 0.05) is 33.1 Å². The average Bonchev–Trinajstić information content (AvgIpc) is 3.90. The molecule has 0 saturated heterocycles. The Labute approximate surface area is 348 Å². The third-order valence-corrected chi connectivity index (χ3v) is 11.7. The van der Waals surface area contributed by atoms with Gasteiger partial charge in [-0.3, -0.25) is 0 Å². The van der Waals surface area contributed by atoms with Crippen molar-refractivity contribution in [3.63, 3.8) is 0 Å². The summed E-state index contributed by atoms with van der Waals surface area (Å²) in [5.41, 5.74) is 9.99. The standard InChI is InChI=1S/C56H36N2O/c1-2-19-40(20-3-1)57-49-27-10-8-23-47(49)54-50(57)28-14-29-51(54)58(41-33-31-39(32-34-41)43-25-12-17-37-15-4-6-21-42(37)43)52-36-35-46(45-26-13-18-38-16-5-7-22-44(38)45)56-55(52)48-24-9-11-30-53(48)59-56/h1-36H/i1D,2D,3D,19D,20D. The van der Waals surface area contributed by atoms with Crippen LogP contribution in [0.25, 0.3) is 93.2 Å². The first-order valence-corrected chi connectivity index (χ1v) is 19.8. The van der Waals surface area contributed by atoms with Gasteiger partial charge in [0.25, 0.3) is 0 Å². The summed E-state index contributed by atoms with van der Waals surface area (Å²) in [5, 5.41) is 8.28. The number of fused-ring (bicyclic) bond motifs is 8. The molecule has 0 unspecified atom stereocenters. The lowest BCUT2D eigenvalue weighted by Crippen LogP contribution is -2.11. The summed E-state index contributed by atoms with van der Waals surface area (Å²) in [6.45, 7) is 0. The molecule has 10 aromatic carbocycles. The van der Waals surface area contributed by atoms with Crippen LogP contribution in [0.4, 0.5) is 17.1 Å². The van der Waals surface area contributed by atoms with Crippen molar-refractivity contribution in [2.75, 3.05) is 4.90 Å². The maximum Gasteiger partial charge on any atom is 0.145 e. The van der Waals surface area contributed by atoms with Gasteiger partial charge in [-0.05, 0) is 98.9 Å². The number of furan rings is 1. The highest BCUT2D eigenvalue weighted by Crippen LogP contribution is 2.50. The van der Waals surface area contributed by atoms with Gasteiger partial charge in [-0.2, -0.15) is 0 Å². The molecule has 0 aliphatic carbocycles. The quantitative estimate of drug-likeness (QED) is 0.168. The number of aromatic nitrogens is 1. The SMILES string of the molecule is [2H]c1c([2H])c([2H])c(-n2c3ccccc3c3c(N(c4ccc(-c5cccc6ccccc56)cc4)c4ccc(-c5cccc6ccccc56)c5oc6ccccc6c45)cccc32)c([2H])c1[2H]. The highest BCUT2D eigenvalue weighted by molar-refractivity contribution is 6.21. The Morgan fingerprint density at radius 3 is 1.80 bits per heavy atom. The number of hydrogen-bond donors (Lipinski definition) is 0. The zero-order valence-corrected chi connectivity index (χ0v) is 31.7. The molecule has 2 heterocycles. The number of para-hydroxylation sites is 3. The van der Waals surface area contributed by atoms with Gasteiger partial charge in [0.1, 0.15) is 11.2 Å². The first kappa shape index (κ1) is 28.5. The van der Waals surface area contributed by atoms with E-state index >= 15 is 0 Å². The zero-order chi connectivity index (χ0) is 43.2. The molecule has 0 fully saturated rings. The first-order chi connectivity index (χ1) is 31.4. The Balaban J connectivity index is 1.18. The predicted molar refractivity (Wildman–Crippen MR) is 249 cm³/mol. The van der Waals surface area contributed by atoms with Crippen LogP contribution >= 0.6 is 0 Å². The number of rotatable bonds is 6. The van der Waals surface area contributed by atoms with Crippen LogP contribution in [0.1, 0.15) is 6.85 Å². The molecule has 12 aromatic rings. The van der Waals surface area contributed by atoms with Crippen LogP contribution in [0, 0.1) is 0 Å². The Hall–Kier alpha value is -7.88. The molecule has 3 nitrogen and oxygen atoms in total. The maximum absolute atomic E-state index is 9.09. The van der Waals surface area contributed by atoms with Crippen molar-refractivity contribution in [1.82, 2.24) is 4.57 Å². The van der Waals surface area contributed by atoms with Crippen LogP contribution in [0.3, 0.4) is 0 Å². The third kappa shape index (κ3) is 5.22. The van der Waals surface area contributed by atoms with Gasteiger partial charge >= 0.3 is 0 Å². The Morgan fingerprint density at radius 1 is 0.424 bits per heavy atom. The summed E-state index contributed by atoms with van der Waals surface area (Å²) in [7, 11) is 0. The van der Waals surface area contributed by atoms with Gasteiger partial charge in [0.15, 0.2) is 0 Å². The second kappa shape index (κ2) is 13.4. The van der Waals surface area contributed by atoms with E-state index in [2.05, 4.69) is 138 Å². The molecule has 2 aromatic heterocycles. The highest BCUT2D eigenvalue weighted by atomic mass is 16.3. The second-order valence-electron chi connectivity index (χ2n) is 14.9. The van der Waals surface area contributed by atoms with Crippen molar-refractivity contribution in [3.8, 4) is 27.9 Å². The fourth-order valence-corrected chi connectivity index (χ4v) is 9.13. The van der Waals surface area contributed by atoms with E-state index in [0.29, 0.717) is 5.52 Å². The lowest BCUT2D eigenvalue weighted by Gasteiger charge is -2.28. The van der Waals surface area contributed by atoms with Crippen LogP contribution in [0.5, 0.6) is 0 Å². The maximum atomic E-state index is 9.09. The smallest absolute Gasteiger partial charge is 0.145 e. The Bertz CT molecular complexity index is 3830. The summed E-state index contributed by atoms with van der Waals surface area (Å²) in [6.07, 6.45) is 0. The van der Waals surface area contributed by atoms with Crippen LogP contribution in [0.15, 0.2) is 223 Å². The van der Waals surface area contributed by atoms with E-state index in [1.165, 1.54) is 10.8 Å². The van der Waals surface area contributed by atoms with E-state index < -0.39 is 6.04 Å². The largest absolute Gasteiger partial charge is 0.455 e. The van der Waals surface area contributed by atoms with E-state index in [1.54, 1.807) is 0 Å². The fourth-order valence-electron chi connectivity index (χ4n) is 9.13.